The van der Waals surface area contributed by atoms with E-state index in [1.54, 1.807) is 59.6 Å². The van der Waals surface area contributed by atoms with E-state index in [1.165, 1.54) is 0 Å². The minimum absolute atomic E-state index is 0. The van der Waals surface area contributed by atoms with E-state index in [0.29, 0.717) is 41.9 Å². The van der Waals surface area contributed by atoms with E-state index in [0.717, 1.165) is 52.6 Å². The Kier molecular flexibility index (Phi) is 22.2. The Morgan fingerprint density at radius 2 is 1.02 bits per heavy atom. The molecule has 0 saturated heterocycles. The molecule has 6 aromatic rings. The van der Waals surface area contributed by atoms with Gasteiger partial charge in [0.05, 0.1) is 40.6 Å². The van der Waals surface area contributed by atoms with E-state index in [1.807, 2.05) is 114 Å². The number of nitrogens with one attached hydrogen (secondary N) is 2. The summed E-state index contributed by atoms with van der Waals surface area (Å²) in [5.74, 6) is 2.49. The molecule has 0 bridgehead atoms. The van der Waals surface area contributed by atoms with E-state index in [2.05, 4.69) is 19.6 Å². The van der Waals surface area contributed by atoms with E-state index >= 15 is 0 Å². The van der Waals surface area contributed by atoms with E-state index in [4.69, 9.17) is 14.6 Å². The Labute approximate surface area is 415 Å². The van der Waals surface area contributed by atoms with Crippen molar-refractivity contribution >= 4 is 34.7 Å². The van der Waals surface area contributed by atoms with Crippen molar-refractivity contribution in [3.8, 4) is 45.8 Å². The van der Waals surface area contributed by atoms with Crippen molar-refractivity contribution in [1.29, 1.82) is 0 Å². The van der Waals surface area contributed by atoms with Crippen LogP contribution in [0.5, 0.6) is 23.3 Å². The van der Waals surface area contributed by atoms with Crippen LogP contribution in [0.25, 0.3) is 22.5 Å². The molecule has 349 valence electrons. The van der Waals surface area contributed by atoms with Gasteiger partial charge < -0.3 is 21.1 Å². The maximum Gasteiger partial charge on any atom is 1.00 e. The number of aromatic nitrogens is 4. The van der Waals surface area contributed by atoms with Crippen molar-refractivity contribution in [2.24, 2.45) is 0 Å². The first-order valence-electron chi connectivity index (χ1n) is 20.8. The molecule has 2 aromatic heterocycles. The van der Waals surface area contributed by atoms with Gasteiger partial charge >= 0.3 is 29.6 Å². The molecular formula is C47H61BN6NaO9S2. The van der Waals surface area contributed by atoms with Crippen molar-refractivity contribution in [3.05, 3.63) is 131 Å². The fourth-order valence-corrected chi connectivity index (χ4v) is 8.47. The minimum atomic E-state index is -3.36. The van der Waals surface area contributed by atoms with Gasteiger partial charge in [0.1, 0.15) is 17.8 Å². The van der Waals surface area contributed by atoms with Crippen LogP contribution in [0.4, 0.5) is 0 Å². The Hall–Kier alpha value is -4.63. The van der Waals surface area contributed by atoms with Crippen molar-refractivity contribution in [2.75, 3.05) is 18.6 Å². The molecule has 0 unspecified atom stereocenters. The summed E-state index contributed by atoms with van der Waals surface area (Å²) < 4.78 is 69.3. The molecule has 19 heteroatoms. The molecule has 15 nitrogen and oxygen atoms in total. The van der Waals surface area contributed by atoms with Crippen LogP contribution in [0.15, 0.2) is 109 Å². The maximum atomic E-state index is 12.1. The van der Waals surface area contributed by atoms with Crippen LogP contribution in [0.2, 0.25) is 0 Å². The summed E-state index contributed by atoms with van der Waals surface area (Å²) in [5.41, 5.74) is 4.73. The molecule has 0 saturated carbocycles. The molecule has 66 heavy (non-hydrogen) atoms. The third kappa shape index (κ3) is 15.7. The van der Waals surface area contributed by atoms with Crippen LogP contribution in [0.3, 0.4) is 0 Å². The molecule has 3 radical (unpaired) electrons. The van der Waals surface area contributed by atoms with Gasteiger partial charge in [0, 0.05) is 57.4 Å². The number of sulfonamides is 2. The second-order valence-electron chi connectivity index (χ2n) is 15.5. The number of hydrogen-bond donors (Lipinski definition) is 4. The number of aryl methyl sites for hydroxylation is 2. The summed E-state index contributed by atoms with van der Waals surface area (Å²) in [7, 11) is -5.72. The van der Waals surface area contributed by atoms with Crippen LogP contribution >= 0.6 is 0 Å². The number of hydrogen-bond acceptors (Lipinski definition) is 11. The van der Waals surface area contributed by atoms with Crippen LogP contribution in [0, 0.1) is 0 Å². The Morgan fingerprint density at radius 3 is 1.35 bits per heavy atom. The van der Waals surface area contributed by atoms with Gasteiger partial charge in [-0.15, -0.1) is 0 Å². The van der Waals surface area contributed by atoms with Gasteiger partial charge in [-0.25, -0.2) is 35.6 Å². The summed E-state index contributed by atoms with van der Waals surface area (Å²) in [6, 6.07) is 33.1. The number of benzene rings is 4. The molecule has 4 aromatic carbocycles. The minimum Gasteiger partial charge on any atom is -1.00 e. The summed E-state index contributed by atoms with van der Waals surface area (Å²) in [6.07, 6.45) is 0.785. The predicted molar refractivity (Wildman–Crippen MR) is 257 cm³/mol. The number of aldehydes is 1. The number of nitrogens with zero attached hydrogens (tertiary/aromatic N) is 4. The maximum absolute atomic E-state index is 12.1. The fraction of sp³-hybridized carbons (Fsp3) is 0.340. The summed E-state index contributed by atoms with van der Waals surface area (Å²) in [6.45, 7) is 15.8. The zero-order chi connectivity index (χ0) is 47.3. The molecule has 0 amide bonds. The SMILES string of the molecule is CCn1nc(-c2cccc(C(C)(C)NS(=O)(=O)CC)c2)cc1Oc1ccc(C=O)cc1.CCn1nc(-c2cccc(C(C)(C)NS(=O)(=O)CC)c2)cc1Oc1ccc(CO)cc1.CO.[B].[H-].[Na+]. The zero-order valence-electron chi connectivity index (χ0n) is 40.4. The Balaban J connectivity index is 0.000000619. The smallest absolute Gasteiger partial charge is 1.00 e. The number of aliphatic hydroxyl groups excluding tert-OH is 2. The standard InChI is InChI=1S/C23H29N3O4S.C23H27N3O4S.CH4O.B.Na.H/c2*1-5-26-22(30-20-12-10-17(16-27)11-13-20)15-21(24-26)18-8-7-9-19(14-18)23(3,4)25-31(28,29)6-2;1-2;;;/h7-15,25,27H,5-6,16H2,1-4H3;7-16,25H,5-6H2,1-4H3;2H,1H3;;;/q;;;;+1;-1. The number of ether oxygens (including phenoxy) is 2. The molecule has 0 aliphatic carbocycles. The van der Waals surface area contributed by atoms with Crippen molar-refractivity contribution < 1.29 is 72.3 Å². The first kappa shape index (κ1) is 57.5. The van der Waals surface area contributed by atoms with Gasteiger partial charge in [0.2, 0.25) is 31.8 Å². The molecule has 0 aliphatic heterocycles. The quantitative estimate of drug-likeness (QED) is 0.0686. The molecule has 0 atom stereocenters. The van der Waals surface area contributed by atoms with Crippen LogP contribution < -0.4 is 48.5 Å². The number of rotatable bonds is 18. The average Bonchev–Trinajstić information content (AvgIpc) is 3.91. The molecule has 0 spiro atoms. The molecular weight excluding hydrogens is 890 g/mol. The molecule has 0 fully saturated rings. The number of aliphatic hydroxyl groups is 2. The van der Waals surface area contributed by atoms with Gasteiger partial charge in [0.25, 0.3) is 0 Å². The van der Waals surface area contributed by atoms with Crippen LogP contribution in [0.1, 0.15) is 83.9 Å². The predicted octanol–water partition coefficient (Wildman–Crippen LogP) is 4.72. The normalized spacial score (nSPS) is 11.4. The fourth-order valence-electron chi connectivity index (χ4n) is 6.39. The van der Waals surface area contributed by atoms with Gasteiger partial charge in [-0.3, -0.25) is 4.79 Å². The molecule has 6 rings (SSSR count). The Bertz CT molecular complexity index is 2700. The summed E-state index contributed by atoms with van der Waals surface area (Å²) in [5, 5.41) is 25.5. The number of carbonyl (C=O) groups excluding carboxylic acids is 1. The van der Waals surface area contributed by atoms with Crippen LogP contribution in [-0.2, 0) is 50.8 Å². The van der Waals surface area contributed by atoms with Gasteiger partial charge in [-0.05, 0) is 121 Å². The van der Waals surface area contributed by atoms with Crippen LogP contribution in [-0.4, -0.2) is 79.9 Å². The summed E-state index contributed by atoms with van der Waals surface area (Å²) in [4.78, 5) is 10.8. The van der Waals surface area contributed by atoms with E-state index in [9.17, 15) is 26.7 Å². The van der Waals surface area contributed by atoms with Crippen molar-refractivity contribution in [1.82, 2.24) is 29.0 Å². The van der Waals surface area contributed by atoms with Gasteiger partial charge in [-0.2, -0.15) is 10.2 Å². The molecule has 4 N–H and O–H groups in total. The molecule has 0 aliphatic rings. The number of carbonyl (C=O) groups is 1. The van der Waals surface area contributed by atoms with Crippen molar-refractivity contribution in [2.45, 2.75) is 86.2 Å². The summed E-state index contributed by atoms with van der Waals surface area (Å²) >= 11 is 0. The van der Waals surface area contributed by atoms with Gasteiger partial charge in [-0.1, -0.05) is 48.5 Å². The first-order valence-corrected chi connectivity index (χ1v) is 24.1. The third-order valence-corrected chi connectivity index (χ3v) is 13.2. The third-order valence-electron chi connectivity index (χ3n) is 9.99. The van der Waals surface area contributed by atoms with Gasteiger partial charge in [0.15, 0.2) is 0 Å². The zero-order valence-corrected chi connectivity index (χ0v) is 43.1. The second kappa shape index (κ2) is 25.5. The monoisotopic (exact) mass is 951 g/mol. The first-order chi connectivity index (χ1) is 30.3. The second-order valence-corrected chi connectivity index (χ2v) is 19.5. The Morgan fingerprint density at radius 1 is 0.636 bits per heavy atom. The molecule has 2 heterocycles. The van der Waals surface area contributed by atoms with Crippen molar-refractivity contribution in [3.63, 3.8) is 0 Å². The van der Waals surface area contributed by atoms with E-state index < -0.39 is 31.1 Å². The topological polar surface area (TPSA) is 204 Å². The average molecular weight is 952 g/mol. The largest absolute Gasteiger partial charge is 1.00 e. The van der Waals surface area contributed by atoms with E-state index in [-0.39, 0.29) is 57.5 Å².